The van der Waals surface area contributed by atoms with Crippen LogP contribution in [0.4, 0.5) is 10.1 Å². The van der Waals surface area contributed by atoms with Crippen LogP contribution in [0, 0.1) is 17.1 Å². The van der Waals surface area contributed by atoms with Gasteiger partial charge in [0.1, 0.15) is 17.5 Å². The van der Waals surface area contributed by atoms with Crippen LogP contribution in [0.25, 0.3) is 6.08 Å². The van der Waals surface area contributed by atoms with E-state index in [9.17, 15) is 19.2 Å². The van der Waals surface area contributed by atoms with Crippen molar-refractivity contribution >= 4 is 23.6 Å². The van der Waals surface area contributed by atoms with E-state index in [1.165, 1.54) is 31.2 Å². The van der Waals surface area contributed by atoms with Crippen LogP contribution in [-0.4, -0.2) is 18.0 Å². The van der Waals surface area contributed by atoms with Crippen LogP contribution >= 0.6 is 0 Å². The highest BCUT2D eigenvalue weighted by Crippen LogP contribution is 2.17. The maximum absolute atomic E-state index is 13.6. The van der Waals surface area contributed by atoms with Crippen molar-refractivity contribution in [3.05, 3.63) is 71.0 Å². The van der Waals surface area contributed by atoms with E-state index in [-0.39, 0.29) is 11.3 Å². The average Bonchev–Trinajstić information content (AvgIpc) is 2.67. The highest BCUT2D eigenvalue weighted by Gasteiger charge is 2.21. The Bertz CT molecular complexity index is 928. The fraction of sp³-hybridized carbons (Fsp3) is 0.227. The van der Waals surface area contributed by atoms with E-state index in [2.05, 4.69) is 19.2 Å². The Kier molecular flexibility index (Phi) is 7.05. The summed E-state index contributed by atoms with van der Waals surface area (Å²) in [5.41, 5.74) is 1.55. The first-order chi connectivity index (χ1) is 13.3. The molecule has 0 aliphatic rings. The normalized spacial score (nSPS) is 12.2. The lowest BCUT2D eigenvalue weighted by atomic mass is 10.0. The van der Waals surface area contributed by atoms with Crippen molar-refractivity contribution in [3.63, 3.8) is 0 Å². The number of carbonyl (C=O) groups excluding carboxylic acids is 2. The summed E-state index contributed by atoms with van der Waals surface area (Å²) in [6.07, 6.45) is 0.195. The molecular weight excluding hydrogens is 359 g/mol. The van der Waals surface area contributed by atoms with Gasteiger partial charge in [0.25, 0.3) is 5.91 Å². The van der Waals surface area contributed by atoms with E-state index in [0.717, 1.165) is 5.56 Å². The van der Waals surface area contributed by atoms with Gasteiger partial charge in [0.05, 0.1) is 5.69 Å². The summed E-state index contributed by atoms with van der Waals surface area (Å²) in [6.45, 7) is 5.48. The highest BCUT2D eigenvalue weighted by atomic mass is 19.1. The SMILES string of the molecule is CC(C)c1ccc(/C=C(\C#N)C(=O)O[C@@H](C)C(=O)Nc2ccccc2F)cc1. The Morgan fingerprint density at radius 3 is 2.32 bits per heavy atom. The predicted molar refractivity (Wildman–Crippen MR) is 105 cm³/mol. The summed E-state index contributed by atoms with van der Waals surface area (Å²) in [5, 5.41) is 11.6. The molecule has 0 aromatic heterocycles. The number of carbonyl (C=O) groups is 2. The highest BCUT2D eigenvalue weighted by molar-refractivity contribution is 6.01. The number of halogens is 1. The number of rotatable bonds is 6. The van der Waals surface area contributed by atoms with Crippen molar-refractivity contribution in [3.8, 4) is 6.07 Å². The molecule has 0 heterocycles. The van der Waals surface area contributed by atoms with Crippen LogP contribution in [0.2, 0.25) is 0 Å². The lowest BCUT2D eigenvalue weighted by molar-refractivity contribution is -0.148. The summed E-state index contributed by atoms with van der Waals surface area (Å²) >= 11 is 0. The van der Waals surface area contributed by atoms with E-state index < -0.39 is 23.8 Å². The number of anilines is 1. The molecule has 5 nitrogen and oxygen atoms in total. The zero-order chi connectivity index (χ0) is 20.7. The third-order valence-corrected chi connectivity index (χ3v) is 4.04. The summed E-state index contributed by atoms with van der Waals surface area (Å²) in [5.74, 6) is -1.85. The topological polar surface area (TPSA) is 79.2 Å². The molecular formula is C22H21FN2O3. The van der Waals surface area contributed by atoms with Crippen molar-refractivity contribution in [2.24, 2.45) is 0 Å². The van der Waals surface area contributed by atoms with Gasteiger partial charge >= 0.3 is 5.97 Å². The average molecular weight is 380 g/mol. The minimum Gasteiger partial charge on any atom is -0.448 e. The van der Waals surface area contributed by atoms with Crippen molar-refractivity contribution < 1.29 is 18.7 Å². The maximum Gasteiger partial charge on any atom is 0.349 e. The summed E-state index contributed by atoms with van der Waals surface area (Å²) in [6, 6.07) is 14.9. The van der Waals surface area contributed by atoms with Crippen LogP contribution < -0.4 is 5.32 Å². The van der Waals surface area contributed by atoms with Gasteiger partial charge < -0.3 is 10.1 Å². The van der Waals surface area contributed by atoms with Crippen molar-refractivity contribution in [2.45, 2.75) is 32.8 Å². The van der Waals surface area contributed by atoms with Gasteiger partial charge in [-0.1, -0.05) is 50.2 Å². The first kappa shape index (κ1) is 20.8. The van der Waals surface area contributed by atoms with E-state index in [0.29, 0.717) is 11.5 Å². The molecule has 0 bridgehead atoms. The number of para-hydroxylation sites is 1. The Labute approximate surface area is 163 Å². The van der Waals surface area contributed by atoms with Gasteiger partial charge in [-0.05, 0) is 42.2 Å². The largest absolute Gasteiger partial charge is 0.448 e. The molecule has 0 radical (unpaired) electrons. The van der Waals surface area contributed by atoms with Crippen LogP contribution in [0.5, 0.6) is 0 Å². The molecule has 2 rings (SSSR count). The van der Waals surface area contributed by atoms with Crippen LogP contribution in [-0.2, 0) is 14.3 Å². The lowest BCUT2D eigenvalue weighted by Crippen LogP contribution is -2.30. The second-order valence-corrected chi connectivity index (χ2v) is 6.51. The standard InChI is InChI=1S/C22H21FN2O3/c1-14(2)17-10-8-16(9-11-17)12-18(13-24)22(27)28-15(3)21(26)25-20-7-5-4-6-19(20)23/h4-12,14-15H,1-3H3,(H,25,26)/b18-12+/t15-/m0/s1. The minimum absolute atomic E-state index is 0.0170. The van der Waals surface area contributed by atoms with E-state index >= 15 is 0 Å². The molecule has 1 atom stereocenters. The first-order valence-corrected chi connectivity index (χ1v) is 8.80. The molecule has 2 aromatic rings. The third-order valence-electron chi connectivity index (χ3n) is 4.04. The van der Waals surface area contributed by atoms with Gasteiger partial charge in [0, 0.05) is 0 Å². The quantitative estimate of drug-likeness (QED) is 0.457. The molecule has 1 amide bonds. The van der Waals surface area contributed by atoms with Crippen LogP contribution in [0.1, 0.15) is 37.8 Å². The summed E-state index contributed by atoms with van der Waals surface area (Å²) in [4.78, 5) is 24.3. The molecule has 144 valence electrons. The van der Waals surface area contributed by atoms with Gasteiger partial charge in [0.2, 0.25) is 0 Å². The van der Waals surface area contributed by atoms with Gasteiger partial charge in [-0.2, -0.15) is 5.26 Å². The molecule has 0 aliphatic carbocycles. The number of hydrogen-bond acceptors (Lipinski definition) is 4. The van der Waals surface area contributed by atoms with Crippen LogP contribution in [0.3, 0.4) is 0 Å². The smallest absolute Gasteiger partial charge is 0.349 e. The fourth-order valence-corrected chi connectivity index (χ4v) is 2.36. The van der Waals surface area contributed by atoms with Crippen molar-refractivity contribution in [2.75, 3.05) is 5.32 Å². The molecule has 0 saturated carbocycles. The fourth-order valence-electron chi connectivity index (χ4n) is 2.36. The second kappa shape index (κ2) is 9.47. The molecule has 0 saturated heterocycles. The number of nitrogens with zero attached hydrogens (tertiary/aromatic N) is 1. The summed E-state index contributed by atoms with van der Waals surface area (Å²) < 4.78 is 18.7. The Morgan fingerprint density at radius 1 is 1.11 bits per heavy atom. The van der Waals surface area contributed by atoms with Crippen LogP contribution in [0.15, 0.2) is 54.1 Å². The molecule has 0 unspecified atom stereocenters. The molecule has 28 heavy (non-hydrogen) atoms. The van der Waals surface area contributed by atoms with E-state index in [1.807, 2.05) is 12.1 Å². The minimum atomic E-state index is -1.20. The third kappa shape index (κ3) is 5.52. The lowest BCUT2D eigenvalue weighted by Gasteiger charge is -2.13. The number of amides is 1. The Balaban J connectivity index is 2.05. The first-order valence-electron chi connectivity index (χ1n) is 8.80. The summed E-state index contributed by atoms with van der Waals surface area (Å²) in [7, 11) is 0. The number of hydrogen-bond donors (Lipinski definition) is 1. The molecule has 0 fully saturated rings. The van der Waals surface area contributed by atoms with Crippen molar-refractivity contribution in [1.82, 2.24) is 0 Å². The Morgan fingerprint density at radius 2 is 1.75 bits per heavy atom. The molecule has 0 aliphatic heterocycles. The number of ether oxygens (including phenoxy) is 1. The number of benzene rings is 2. The van der Waals surface area contributed by atoms with Gasteiger partial charge in [0.15, 0.2) is 6.10 Å². The zero-order valence-electron chi connectivity index (χ0n) is 15.9. The number of esters is 1. The van der Waals surface area contributed by atoms with Crippen molar-refractivity contribution in [1.29, 1.82) is 5.26 Å². The Hall–Kier alpha value is -3.46. The van der Waals surface area contributed by atoms with Gasteiger partial charge in [-0.3, -0.25) is 4.79 Å². The van der Waals surface area contributed by atoms with E-state index in [1.54, 1.807) is 24.3 Å². The molecule has 2 aromatic carbocycles. The van der Waals surface area contributed by atoms with Gasteiger partial charge in [-0.15, -0.1) is 0 Å². The second-order valence-electron chi connectivity index (χ2n) is 6.51. The zero-order valence-corrected chi connectivity index (χ0v) is 15.9. The van der Waals surface area contributed by atoms with Gasteiger partial charge in [-0.25, -0.2) is 9.18 Å². The number of nitriles is 1. The maximum atomic E-state index is 13.6. The predicted octanol–water partition coefficient (Wildman–Crippen LogP) is 4.43. The molecule has 0 spiro atoms. The monoisotopic (exact) mass is 380 g/mol. The number of nitrogens with one attached hydrogen (secondary N) is 1. The molecule has 1 N–H and O–H groups in total. The van der Waals surface area contributed by atoms with E-state index in [4.69, 9.17) is 4.74 Å². The molecule has 6 heteroatoms.